The molecular weight excluding hydrogens is 321 g/mol. The van der Waals surface area contributed by atoms with E-state index in [4.69, 9.17) is 22.5 Å². The fourth-order valence-electron chi connectivity index (χ4n) is 2.57. The normalized spacial score (nSPS) is 22.0. The summed E-state index contributed by atoms with van der Waals surface area (Å²) in [6.07, 6.45) is 6.12. The van der Waals surface area contributed by atoms with Crippen LogP contribution in [0.2, 0.25) is 5.02 Å². The molecule has 22 heavy (non-hydrogen) atoms. The Morgan fingerprint density at radius 1 is 1.41 bits per heavy atom. The van der Waals surface area contributed by atoms with Gasteiger partial charge in [-0.05, 0) is 0 Å². The van der Waals surface area contributed by atoms with Gasteiger partial charge in [0.15, 0.2) is 0 Å². The first kappa shape index (κ1) is 15.5. The van der Waals surface area contributed by atoms with Crippen LogP contribution in [0.4, 0.5) is 5.69 Å². The predicted molar refractivity (Wildman–Crippen MR) is 89.4 cm³/mol. The van der Waals surface area contributed by atoms with Gasteiger partial charge in [0.2, 0.25) is 0 Å². The zero-order valence-electron chi connectivity index (χ0n) is 12.0. The van der Waals surface area contributed by atoms with Crippen LogP contribution >= 0.6 is 19.6 Å². The fraction of sp³-hybridized carbons (Fsp3) is 0.400. The second kappa shape index (κ2) is 6.80. The number of benzene rings is 1. The number of hydrazone groups is 1. The van der Waals surface area contributed by atoms with Crippen LogP contribution in [0.15, 0.2) is 23.3 Å². The van der Waals surface area contributed by atoms with Crippen molar-refractivity contribution in [2.75, 3.05) is 31.2 Å². The Balaban J connectivity index is 1.83. The van der Waals surface area contributed by atoms with E-state index in [0.29, 0.717) is 32.7 Å². The number of anilines is 1. The fourth-order valence-corrected chi connectivity index (χ4v) is 3.34. The Bertz CT molecular complexity index is 665. The number of hydrogen-bond acceptors (Lipinski definition) is 4. The first-order valence-electron chi connectivity index (χ1n) is 7.08. The molecule has 1 atom stereocenters. The summed E-state index contributed by atoms with van der Waals surface area (Å²) in [6.45, 7) is 3.11. The molecule has 1 aromatic rings. The Labute approximate surface area is 135 Å². The first-order valence-corrected chi connectivity index (χ1v) is 8.49. The Morgan fingerprint density at radius 2 is 2.18 bits per heavy atom. The van der Waals surface area contributed by atoms with Gasteiger partial charge < -0.3 is 0 Å². The molecule has 0 aliphatic carbocycles. The third-order valence-electron chi connectivity index (χ3n) is 3.80. The third kappa shape index (κ3) is 3.18. The summed E-state index contributed by atoms with van der Waals surface area (Å²) in [5, 5.41) is 4.81. The quantitative estimate of drug-likeness (QED) is 0.843. The number of amides is 1. The molecule has 114 valence electrons. The molecule has 0 radical (unpaired) electrons. The molecule has 1 N–H and O–H groups in total. The molecule has 1 saturated heterocycles. The van der Waals surface area contributed by atoms with Crippen LogP contribution in [0.25, 0.3) is 0 Å². The van der Waals surface area contributed by atoms with E-state index in [1.165, 1.54) is 0 Å². The average molecular weight is 337 g/mol. The maximum atomic E-state index is 11.6. The van der Waals surface area contributed by atoms with Crippen LogP contribution in [-0.4, -0.2) is 43.6 Å². The van der Waals surface area contributed by atoms with Crippen molar-refractivity contribution in [3.63, 3.8) is 0 Å². The van der Waals surface area contributed by atoms with Gasteiger partial charge in [0.25, 0.3) is 0 Å². The Kier molecular flexibility index (Phi) is 4.80. The summed E-state index contributed by atoms with van der Waals surface area (Å²) in [6, 6.07) is 5.88. The molecule has 1 aromatic carbocycles. The first-order chi connectivity index (χ1) is 10.7. The van der Waals surface area contributed by atoms with Crippen LogP contribution in [-0.2, 0) is 9.53 Å². The van der Waals surface area contributed by atoms with Gasteiger partial charge in [0.05, 0.1) is 0 Å². The molecular formula is C15H16ClN3O2P+. The predicted octanol–water partition coefficient (Wildman–Crippen LogP) is 2.30. The monoisotopic (exact) mass is 336 g/mol. The molecule has 2 heterocycles. The van der Waals surface area contributed by atoms with E-state index in [1.54, 1.807) is 0 Å². The van der Waals surface area contributed by atoms with Gasteiger partial charge in [-0.2, -0.15) is 0 Å². The molecule has 3 rings (SSSR count). The molecule has 0 saturated carbocycles. The van der Waals surface area contributed by atoms with Crippen LogP contribution in [0.3, 0.4) is 0 Å². The number of rotatable bonds is 2. The van der Waals surface area contributed by atoms with E-state index in [-0.39, 0.29) is 11.6 Å². The molecule has 0 unspecified atom stereocenters. The zero-order chi connectivity index (χ0) is 15.5. The van der Waals surface area contributed by atoms with E-state index >= 15 is 0 Å². The summed E-state index contributed by atoms with van der Waals surface area (Å²) in [4.78, 5) is 13.8. The number of carbonyl (C=O) groups is 1. The van der Waals surface area contributed by atoms with Gasteiger partial charge in [-0.3, -0.25) is 0 Å². The zero-order valence-corrected chi connectivity index (χ0v) is 13.6. The van der Waals surface area contributed by atoms with Gasteiger partial charge in [-0.1, -0.05) is 0 Å². The Morgan fingerprint density at radius 3 is 2.86 bits per heavy atom. The van der Waals surface area contributed by atoms with Crippen molar-refractivity contribution >= 4 is 36.9 Å². The summed E-state index contributed by atoms with van der Waals surface area (Å²) >= 11 is 6.43. The van der Waals surface area contributed by atoms with Gasteiger partial charge >= 0.3 is 135 Å². The van der Waals surface area contributed by atoms with E-state index in [2.05, 4.69) is 15.4 Å². The number of ether oxygens (including phenoxy) is 1. The molecule has 0 bridgehead atoms. The van der Waals surface area contributed by atoms with Crippen molar-refractivity contribution in [2.24, 2.45) is 5.10 Å². The number of nitrogens with zero attached hydrogens (tertiary/aromatic N) is 2. The minimum absolute atomic E-state index is 0.135. The number of halogens is 1. The molecule has 2 aliphatic heterocycles. The van der Waals surface area contributed by atoms with Crippen LogP contribution < -0.4 is 10.3 Å². The second-order valence-corrected chi connectivity index (χ2v) is 6.50. The van der Waals surface area contributed by atoms with Gasteiger partial charge in [-0.25, -0.2) is 0 Å². The van der Waals surface area contributed by atoms with E-state index in [0.717, 1.165) is 30.1 Å². The summed E-state index contributed by atoms with van der Waals surface area (Å²) in [7, 11) is 0.551. The molecule has 1 amide bonds. The average Bonchev–Trinajstić information content (AvgIpc) is 2.56. The molecule has 7 heteroatoms. The van der Waals surface area contributed by atoms with Crippen LogP contribution in [0, 0.1) is 6.13 Å². The van der Waals surface area contributed by atoms with Crippen LogP contribution in [0.1, 0.15) is 12.0 Å². The van der Waals surface area contributed by atoms with Crippen molar-refractivity contribution in [2.45, 2.75) is 12.1 Å². The van der Waals surface area contributed by atoms with Gasteiger partial charge in [-0.15, -0.1) is 0 Å². The van der Waals surface area contributed by atoms with Crippen molar-refractivity contribution in [3.05, 3.63) is 28.8 Å². The molecule has 5 nitrogen and oxygen atoms in total. The Hall–Kier alpha value is -1.38. The molecule has 1 fully saturated rings. The number of carbonyl (C=O) groups excluding carboxylic acids is 1. The van der Waals surface area contributed by atoms with Crippen molar-refractivity contribution in [3.8, 4) is 6.13 Å². The minimum atomic E-state index is -0.259. The SMILES string of the molecule is C#[P+][C@H]1CC(c2ccc(N3CCOCC3)c(Cl)c2)=NNC1=O. The van der Waals surface area contributed by atoms with E-state index < -0.39 is 0 Å². The third-order valence-corrected chi connectivity index (χ3v) is 4.88. The number of hydrogen-bond donors (Lipinski definition) is 1. The topological polar surface area (TPSA) is 53.9 Å². The summed E-state index contributed by atoms with van der Waals surface area (Å²) in [5.74, 6) is -0.135. The summed E-state index contributed by atoms with van der Waals surface area (Å²) < 4.78 is 5.36. The standard InChI is InChI=1S/C15H15ClN3O2P/c1-22-14-9-12(17-18-15(14)20)10-2-3-13(11(16)8-10)19-4-6-21-7-5-19/h1-3,8,14H,4-7,9H2/p+1/t14-/m0/s1. The number of nitrogens with one attached hydrogen (secondary N) is 1. The van der Waals surface area contributed by atoms with Gasteiger partial charge in [0, 0.05) is 0 Å². The van der Waals surface area contributed by atoms with E-state index in [9.17, 15) is 4.79 Å². The maximum absolute atomic E-state index is 11.6. The van der Waals surface area contributed by atoms with Crippen molar-refractivity contribution in [1.29, 1.82) is 0 Å². The van der Waals surface area contributed by atoms with E-state index in [1.807, 2.05) is 18.2 Å². The molecule has 0 aromatic heterocycles. The van der Waals surface area contributed by atoms with Crippen molar-refractivity contribution < 1.29 is 9.53 Å². The summed E-state index contributed by atoms with van der Waals surface area (Å²) in [5.41, 5.74) is 4.98. The molecule has 0 spiro atoms. The van der Waals surface area contributed by atoms with Crippen LogP contribution in [0.5, 0.6) is 0 Å². The molecule has 2 aliphatic rings. The number of morpholine rings is 1. The second-order valence-electron chi connectivity index (χ2n) is 5.17. The van der Waals surface area contributed by atoms with Crippen molar-refractivity contribution in [1.82, 2.24) is 5.43 Å². The van der Waals surface area contributed by atoms with Gasteiger partial charge in [0.1, 0.15) is 0 Å².